The largest absolute Gasteiger partial charge is 0.480 e. The number of hydrogen-bond acceptors (Lipinski definition) is 4. The van der Waals surface area contributed by atoms with Gasteiger partial charge in [-0.05, 0) is 12.8 Å². The highest BCUT2D eigenvalue weighted by Crippen LogP contribution is 2.28. The maximum atomic E-state index is 12.2. The van der Waals surface area contributed by atoms with Crippen molar-refractivity contribution >= 4 is 11.9 Å². The Morgan fingerprint density at radius 2 is 2.10 bits per heavy atom. The molecule has 0 spiro atoms. The van der Waals surface area contributed by atoms with Gasteiger partial charge < -0.3 is 20.7 Å². The average Bonchev–Trinajstić information content (AvgIpc) is 2.89. The Labute approximate surface area is 117 Å². The molecule has 1 aliphatic rings. The first kappa shape index (κ1) is 14.5. The highest BCUT2D eigenvalue weighted by molar-refractivity contribution is 5.96. The normalized spacial score (nSPS) is 17.6. The van der Waals surface area contributed by atoms with Gasteiger partial charge in [-0.2, -0.15) is 0 Å². The van der Waals surface area contributed by atoms with Gasteiger partial charge in [-0.15, -0.1) is 0 Å². The number of aromatic nitrogens is 2. The number of nitrogens with two attached hydrogens (primary N) is 1. The van der Waals surface area contributed by atoms with Crippen LogP contribution in [-0.2, 0) is 11.3 Å². The maximum absolute atomic E-state index is 12.2. The minimum atomic E-state index is -1.15. The smallest absolute Gasteiger partial charge is 0.329 e. The Bertz CT molecular complexity index is 492. The van der Waals surface area contributed by atoms with Crippen molar-refractivity contribution in [2.45, 2.75) is 44.2 Å². The van der Waals surface area contributed by atoms with Gasteiger partial charge in [0, 0.05) is 19.3 Å². The van der Waals surface area contributed by atoms with Gasteiger partial charge in [-0.1, -0.05) is 19.3 Å². The zero-order valence-corrected chi connectivity index (χ0v) is 11.3. The van der Waals surface area contributed by atoms with Crippen molar-refractivity contribution in [3.05, 3.63) is 18.2 Å². The summed E-state index contributed by atoms with van der Waals surface area (Å²) in [4.78, 5) is 27.6. The summed E-state index contributed by atoms with van der Waals surface area (Å²) in [6.07, 6.45) is 6.68. The molecule has 0 bridgehead atoms. The predicted molar refractivity (Wildman–Crippen MR) is 72.2 cm³/mol. The lowest BCUT2D eigenvalue weighted by atomic mass is 9.81. The van der Waals surface area contributed by atoms with Crippen LogP contribution < -0.4 is 11.1 Å². The molecule has 0 aromatic carbocycles. The van der Waals surface area contributed by atoms with Crippen LogP contribution >= 0.6 is 0 Å². The molecular weight excluding hydrogens is 260 g/mol. The Kier molecular flexibility index (Phi) is 4.39. The van der Waals surface area contributed by atoms with E-state index in [1.807, 2.05) is 0 Å². The number of imidazole rings is 1. The molecule has 2 rings (SSSR count). The fourth-order valence-corrected chi connectivity index (χ4v) is 2.58. The van der Waals surface area contributed by atoms with Crippen molar-refractivity contribution in [2.75, 3.05) is 6.54 Å². The number of carbonyl (C=O) groups is 2. The van der Waals surface area contributed by atoms with Gasteiger partial charge in [0.25, 0.3) is 5.91 Å². The summed E-state index contributed by atoms with van der Waals surface area (Å²) in [6, 6.07) is 0. The Morgan fingerprint density at radius 3 is 2.70 bits per heavy atom. The molecule has 0 atom stereocenters. The van der Waals surface area contributed by atoms with Crippen molar-refractivity contribution in [2.24, 2.45) is 5.73 Å². The van der Waals surface area contributed by atoms with Gasteiger partial charge in [-0.25, -0.2) is 9.78 Å². The zero-order chi connectivity index (χ0) is 14.6. The molecule has 1 aromatic heterocycles. The third-order valence-electron chi connectivity index (χ3n) is 3.72. The Hall–Kier alpha value is -1.89. The molecule has 0 unspecified atom stereocenters. The van der Waals surface area contributed by atoms with Crippen molar-refractivity contribution < 1.29 is 14.7 Å². The highest BCUT2D eigenvalue weighted by Gasteiger charge is 2.41. The summed E-state index contributed by atoms with van der Waals surface area (Å²) >= 11 is 0. The number of amides is 1. The molecule has 110 valence electrons. The number of aliphatic carboxylic acids is 1. The van der Waals surface area contributed by atoms with Crippen molar-refractivity contribution in [1.82, 2.24) is 14.9 Å². The second-order valence-corrected chi connectivity index (χ2v) is 5.19. The van der Waals surface area contributed by atoms with E-state index in [-0.39, 0.29) is 5.69 Å². The first-order chi connectivity index (χ1) is 9.57. The van der Waals surface area contributed by atoms with Crippen LogP contribution in [0.25, 0.3) is 0 Å². The second kappa shape index (κ2) is 6.04. The minimum absolute atomic E-state index is 0.227. The highest BCUT2D eigenvalue weighted by atomic mass is 16.4. The van der Waals surface area contributed by atoms with Crippen LogP contribution in [0, 0.1) is 0 Å². The molecule has 1 heterocycles. The number of nitrogens with zero attached hydrogens (tertiary/aromatic N) is 2. The summed E-state index contributed by atoms with van der Waals surface area (Å²) in [5, 5.41) is 12.1. The molecule has 0 radical (unpaired) electrons. The van der Waals surface area contributed by atoms with E-state index in [0.717, 1.165) is 19.3 Å². The zero-order valence-electron chi connectivity index (χ0n) is 11.3. The maximum Gasteiger partial charge on any atom is 0.329 e. The third kappa shape index (κ3) is 2.98. The summed E-state index contributed by atoms with van der Waals surface area (Å²) in [6.45, 7) is 1.03. The van der Waals surface area contributed by atoms with E-state index in [9.17, 15) is 14.7 Å². The van der Waals surface area contributed by atoms with E-state index in [2.05, 4.69) is 10.3 Å². The molecule has 7 nitrogen and oxygen atoms in total. The van der Waals surface area contributed by atoms with Gasteiger partial charge in [0.05, 0.1) is 6.33 Å². The Balaban J connectivity index is 2.09. The number of carboxylic acids is 1. The van der Waals surface area contributed by atoms with Crippen molar-refractivity contribution in [3.63, 3.8) is 0 Å². The predicted octanol–water partition coefficient (Wildman–Crippen LogP) is 0.359. The molecule has 1 aromatic rings. The lowest BCUT2D eigenvalue weighted by Crippen LogP contribution is -2.55. The lowest BCUT2D eigenvalue weighted by molar-refractivity contribution is -0.145. The second-order valence-electron chi connectivity index (χ2n) is 5.19. The molecule has 1 aliphatic carbocycles. The van der Waals surface area contributed by atoms with Crippen LogP contribution in [0.1, 0.15) is 42.6 Å². The van der Waals surface area contributed by atoms with Gasteiger partial charge in [-0.3, -0.25) is 4.79 Å². The topological polar surface area (TPSA) is 110 Å². The SMILES string of the molecule is NCCn1cnc(C(=O)NC2(C(=O)O)CCCCC2)c1. The van der Waals surface area contributed by atoms with E-state index in [1.165, 1.54) is 6.33 Å². The summed E-state index contributed by atoms with van der Waals surface area (Å²) in [7, 11) is 0. The number of hydrogen-bond donors (Lipinski definition) is 3. The first-order valence-corrected chi connectivity index (χ1v) is 6.85. The third-order valence-corrected chi connectivity index (χ3v) is 3.72. The van der Waals surface area contributed by atoms with E-state index >= 15 is 0 Å². The van der Waals surface area contributed by atoms with E-state index in [0.29, 0.717) is 25.9 Å². The average molecular weight is 280 g/mol. The van der Waals surface area contributed by atoms with E-state index < -0.39 is 17.4 Å². The molecular formula is C13H20N4O3. The summed E-state index contributed by atoms with van der Waals surface area (Å²) in [5.41, 5.74) is 4.51. The van der Waals surface area contributed by atoms with Gasteiger partial charge in [0.15, 0.2) is 0 Å². The van der Waals surface area contributed by atoms with Gasteiger partial charge in [0.1, 0.15) is 11.2 Å². The monoisotopic (exact) mass is 280 g/mol. The molecule has 7 heteroatoms. The lowest BCUT2D eigenvalue weighted by Gasteiger charge is -2.33. The standard InChI is InChI=1S/C13H20N4O3/c14-6-7-17-8-10(15-9-17)11(18)16-13(12(19)20)4-2-1-3-5-13/h8-9H,1-7,14H2,(H,16,18)(H,19,20). The first-order valence-electron chi connectivity index (χ1n) is 6.85. The molecule has 20 heavy (non-hydrogen) atoms. The minimum Gasteiger partial charge on any atom is -0.480 e. The van der Waals surface area contributed by atoms with Gasteiger partial charge in [0.2, 0.25) is 0 Å². The fraction of sp³-hybridized carbons (Fsp3) is 0.615. The summed E-state index contributed by atoms with van der Waals surface area (Å²) in [5.74, 6) is -1.41. The molecule has 4 N–H and O–H groups in total. The molecule has 1 fully saturated rings. The van der Waals surface area contributed by atoms with Crippen molar-refractivity contribution in [1.29, 1.82) is 0 Å². The van der Waals surface area contributed by atoms with Crippen LogP contribution in [0.3, 0.4) is 0 Å². The van der Waals surface area contributed by atoms with Crippen LogP contribution in [-0.4, -0.2) is 38.6 Å². The van der Waals surface area contributed by atoms with Crippen LogP contribution in [0.4, 0.5) is 0 Å². The van der Waals surface area contributed by atoms with E-state index in [1.54, 1.807) is 10.8 Å². The number of nitrogens with one attached hydrogen (secondary N) is 1. The van der Waals surface area contributed by atoms with E-state index in [4.69, 9.17) is 5.73 Å². The Morgan fingerprint density at radius 1 is 1.40 bits per heavy atom. The number of carboxylic acid groups (broad SMARTS) is 1. The quantitative estimate of drug-likeness (QED) is 0.721. The van der Waals surface area contributed by atoms with Crippen LogP contribution in [0.2, 0.25) is 0 Å². The molecule has 1 amide bonds. The summed E-state index contributed by atoms with van der Waals surface area (Å²) < 4.78 is 1.71. The fourth-order valence-electron chi connectivity index (χ4n) is 2.58. The molecule has 1 saturated carbocycles. The molecule has 0 aliphatic heterocycles. The van der Waals surface area contributed by atoms with Gasteiger partial charge >= 0.3 is 5.97 Å². The van der Waals surface area contributed by atoms with Crippen molar-refractivity contribution in [3.8, 4) is 0 Å². The number of rotatable bonds is 5. The van der Waals surface area contributed by atoms with Crippen LogP contribution in [0.5, 0.6) is 0 Å². The number of carbonyl (C=O) groups excluding carboxylic acids is 1. The van der Waals surface area contributed by atoms with Crippen LogP contribution in [0.15, 0.2) is 12.5 Å². The molecule has 0 saturated heterocycles.